The highest BCUT2D eigenvalue weighted by atomic mass is 16.5. The van der Waals surface area contributed by atoms with E-state index in [2.05, 4.69) is 24.5 Å². The van der Waals surface area contributed by atoms with Crippen LogP contribution in [-0.4, -0.2) is 36.5 Å². The van der Waals surface area contributed by atoms with Crippen molar-refractivity contribution in [2.45, 2.75) is 64.5 Å². The summed E-state index contributed by atoms with van der Waals surface area (Å²) in [4.78, 5) is 36.6. The van der Waals surface area contributed by atoms with Gasteiger partial charge in [-0.2, -0.15) is 0 Å². The number of rotatable bonds is 10. The Kier molecular flexibility index (Phi) is 8.30. The molecule has 148 valence electrons. The number of unbranched alkanes of at least 4 members (excludes halogenated alkanes) is 1. The molecule has 1 aliphatic rings. The van der Waals surface area contributed by atoms with Crippen LogP contribution in [0.1, 0.15) is 51.5 Å². The lowest BCUT2D eigenvalue weighted by atomic mass is 10.0. The van der Waals surface area contributed by atoms with E-state index in [1.54, 1.807) is 0 Å². The van der Waals surface area contributed by atoms with Crippen LogP contribution in [0.15, 0.2) is 30.3 Å². The van der Waals surface area contributed by atoms with Crippen LogP contribution in [0.2, 0.25) is 0 Å². The maximum Gasteiger partial charge on any atom is 0.308 e. The molecule has 1 heterocycles. The second kappa shape index (κ2) is 10.7. The van der Waals surface area contributed by atoms with Gasteiger partial charge in [-0.25, -0.2) is 0 Å². The summed E-state index contributed by atoms with van der Waals surface area (Å²) >= 11 is 0. The van der Waals surface area contributed by atoms with Crippen LogP contribution < -0.4 is 10.6 Å². The number of carbonyl (C=O) groups is 3. The normalized spacial score (nSPS) is 20.5. The largest absolute Gasteiger partial charge is 0.465 e. The molecule has 1 fully saturated rings. The molecule has 2 amide bonds. The number of nitrogens with one attached hydrogen (secondary N) is 2. The fraction of sp³-hybridized carbons (Fsp3) is 0.571. The van der Waals surface area contributed by atoms with Crippen LogP contribution in [-0.2, 0) is 25.5 Å². The molecule has 0 aliphatic carbocycles. The zero-order valence-electron chi connectivity index (χ0n) is 16.2. The zero-order chi connectivity index (χ0) is 19.6. The van der Waals surface area contributed by atoms with Crippen LogP contribution in [0, 0.1) is 5.92 Å². The molecule has 2 rings (SSSR count). The van der Waals surface area contributed by atoms with Crippen molar-refractivity contribution in [3.8, 4) is 0 Å². The first-order chi connectivity index (χ1) is 13.0. The molecule has 1 aliphatic heterocycles. The van der Waals surface area contributed by atoms with Crippen LogP contribution in [0.25, 0.3) is 0 Å². The molecule has 27 heavy (non-hydrogen) atoms. The molecule has 0 aromatic heterocycles. The van der Waals surface area contributed by atoms with Crippen LogP contribution in [0.4, 0.5) is 0 Å². The van der Waals surface area contributed by atoms with Crippen LogP contribution in [0.3, 0.4) is 0 Å². The lowest BCUT2D eigenvalue weighted by molar-refractivity contribution is -0.148. The Morgan fingerprint density at radius 3 is 2.41 bits per heavy atom. The number of carbonyl (C=O) groups excluding carboxylic acids is 3. The molecular weight excluding hydrogens is 344 g/mol. The number of hydrogen-bond acceptors (Lipinski definition) is 4. The first-order valence-electron chi connectivity index (χ1n) is 9.83. The Morgan fingerprint density at radius 2 is 1.74 bits per heavy atom. The van der Waals surface area contributed by atoms with E-state index in [1.807, 2.05) is 30.3 Å². The van der Waals surface area contributed by atoms with Gasteiger partial charge in [-0.05, 0) is 17.9 Å². The minimum absolute atomic E-state index is 0.139. The van der Waals surface area contributed by atoms with Crippen molar-refractivity contribution in [3.63, 3.8) is 0 Å². The molecule has 0 saturated carbocycles. The molecule has 2 N–H and O–H groups in total. The number of amides is 2. The van der Waals surface area contributed by atoms with Crippen molar-refractivity contribution in [2.24, 2.45) is 5.92 Å². The summed E-state index contributed by atoms with van der Waals surface area (Å²) in [6.45, 7) is 4.58. The lowest BCUT2D eigenvalue weighted by Crippen LogP contribution is -2.62. The summed E-state index contributed by atoms with van der Waals surface area (Å²) in [5, 5.41) is 5.37. The topological polar surface area (TPSA) is 84.5 Å². The van der Waals surface area contributed by atoms with Crippen molar-refractivity contribution in [3.05, 3.63) is 35.9 Å². The summed E-state index contributed by atoms with van der Waals surface area (Å²) < 4.78 is 5.33. The Bertz CT molecular complexity index is 632. The minimum Gasteiger partial charge on any atom is -0.465 e. The maximum atomic E-state index is 12.3. The highest BCUT2D eigenvalue weighted by molar-refractivity contribution is 5.98. The van der Waals surface area contributed by atoms with E-state index in [0.29, 0.717) is 18.9 Å². The van der Waals surface area contributed by atoms with Crippen molar-refractivity contribution in [2.75, 3.05) is 6.61 Å². The SMILES string of the molecule is CCCCC(CC)COC(=O)C[C@@H]1NC(=O)[C@H](Cc2ccccc2)NC1=O. The number of ether oxygens (including phenoxy) is 1. The van der Waals surface area contributed by atoms with Gasteiger partial charge in [0.1, 0.15) is 12.1 Å². The minimum atomic E-state index is -0.868. The summed E-state index contributed by atoms with van der Waals surface area (Å²) in [6.07, 6.45) is 4.49. The van der Waals surface area contributed by atoms with Crippen LogP contribution >= 0.6 is 0 Å². The van der Waals surface area contributed by atoms with Gasteiger partial charge in [-0.15, -0.1) is 0 Å². The van der Waals surface area contributed by atoms with E-state index in [4.69, 9.17) is 4.74 Å². The van der Waals surface area contributed by atoms with Gasteiger partial charge in [-0.1, -0.05) is 63.4 Å². The molecule has 3 atom stereocenters. The van der Waals surface area contributed by atoms with E-state index < -0.39 is 18.1 Å². The van der Waals surface area contributed by atoms with E-state index in [9.17, 15) is 14.4 Å². The van der Waals surface area contributed by atoms with Crippen LogP contribution in [0.5, 0.6) is 0 Å². The van der Waals surface area contributed by atoms with Gasteiger partial charge in [0.2, 0.25) is 11.8 Å². The number of piperazine rings is 1. The third kappa shape index (κ3) is 6.70. The second-order valence-corrected chi connectivity index (χ2v) is 7.12. The molecule has 6 nitrogen and oxygen atoms in total. The monoisotopic (exact) mass is 374 g/mol. The molecule has 1 aromatic carbocycles. The van der Waals surface area contributed by atoms with Gasteiger partial charge in [0.25, 0.3) is 0 Å². The molecule has 0 radical (unpaired) electrons. The summed E-state index contributed by atoms with van der Waals surface area (Å²) in [6, 6.07) is 8.01. The summed E-state index contributed by atoms with van der Waals surface area (Å²) in [5.74, 6) is -0.720. The average molecular weight is 374 g/mol. The predicted octanol–water partition coefficient (Wildman–Crippen LogP) is 2.36. The third-order valence-electron chi connectivity index (χ3n) is 4.94. The smallest absolute Gasteiger partial charge is 0.308 e. The summed E-state index contributed by atoms with van der Waals surface area (Å²) in [5.41, 5.74) is 0.966. The van der Waals surface area contributed by atoms with Gasteiger partial charge in [0.15, 0.2) is 0 Å². The molecule has 1 unspecified atom stereocenters. The van der Waals surface area contributed by atoms with E-state index in [1.165, 1.54) is 0 Å². The van der Waals surface area contributed by atoms with E-state index >= 15 is 0 Å². The quantitative estimate of drug-likeness (QED) is 0.616. The Hall–Kier alpha value is -2.37. The zero-order valence-corrected chi connectivity index (χ0v) is 16.2. The number of hydrogen-bond donors (Lipinski definition) is 2. The van der Waals surface area contributed by atoms with Crippen molar-refractivity contribution < 1.29 is 19.1 Å². The fourth-order valence-electron chi connectivity index (χ4n) is 3.15. The molecule has 0 bridgehead atoms. The second-order valence-electron chi connectivity index (χ2n) is 7.12. The lowest BCUT2D eigenvalue weighted by Gasteiger charge is -2.29. The van der Waals surface area contributed by atoms with Crippen molar-refractivity contribution in [1.29, 1.82) is 0 Å². The van der Waals surface area contributed by atoms with Gasteiger partial charge in [-0.3, -0.25) is 14.4 Å². The number of esters is 1. The van der Waals surface area contributed by atoms with Crippen molar-refractivity contribution >= 4 is 17.8 Å². The molecule has 1 aromatic rings. The Morgan fingerprint density at radius 1 is 1.07 bits per heavy atom. The first-order valence-corrected chi connectivity index (χ1v) is 9.83. The van der Waals surface area contributed by atoms with Gasteiger partial charge < -0.3 is 15.4 Å². The van der Waals surface area contributed by atoms with Gasteiger partial charge in [0, 0.05) is 6.42 Å². The first kappa shape index (κ1) is 20.9. The van der Waals surface area contributed by atoms with Gasteiger partial charge in [0.05, 0.1) is 13.0 Å². The standard InChI is InChI=1S/C21H30N2O4/c1-3-5-9-15(4-2)14-27-19(24)13-18-21(26)22-17(20(25)23-18)12-16-10-7-6-8-11-16/h6-8,10-11,15,17-18H,3-5,9,12-14H2,1-2H3,(H,22,26)(H,23,25)/t15?,17-,18-/m0/s1. The van der Waals surface area contributed by atoms with E-state index in [-0.39, 0.29) is 18.2 Å². The molecule has 6 heteroatoms. The fourth-order valence-corrected chi connectivity index (χ4v) is 3.15. The molecular formula is C21H30N2O4. The molecule has 0 spiro atoms. The highest BCUT2D eigenvalue weighted by Gasteiger charge is 2.35. The van der Waals surface area contributed by atoms with Gasteiger partial charge >= 0.3 is 5.97 Å². The predicted molar refractivity (Wildman–Crippen MR) is 103 cm³/mol. The number of benzene rings is 1. The Balaban J connectivity index is 1.80. The highest BCUT2D eigenvalue weighted by Crippen LogP contribution is 2.14. The average Bonchev–Trinajstić information content (AvgIpc) is 2.66. The Labute approximate surface area is 161 Å². The third-order valence-corrected chi connectivity index (χ3v) is 4.94. The van der Waals surface area contributed by atoms with E-state index in [0.717, 1.165) is 31.2 Å². The summed E-state index contributed by atoms with van der Waals surface area (Å²) in [7, 11) is 0. The maximum absolute atomic E-state index is 12.3. The molecule has 1 saturated heterocycles. The van der Waals surface area contributed by atoms with Crippen molar-refractivity contribution in [1.82, 2.24) is 10.6 Å².